The first-order chi connectivity index (χ1) is 8.59. The number of hydrogen-bond acceptors (Lipinski definition) is 2. The fourth-order valence-electron chi connectivity index (χ4n) is 2.20. The predicted molar refractivity (Wildman–Crippen MR) is 73.4 cm³/mol. The molecule has 4 heteroatoms. The summed E-state index contributed by atoms with van der Waals surface area (Å²) in [5.41, 5.74) is -1.13. The maximum absolute atomic E-state index is 13.2. The highest BCUT2D eigenvalue weighted by molar-refractivity contribution is 5.94. The summed E-state index contributed by atoms with van der Waals surface area (Å²) in [6, 6.07) is 0. The monoisotopic (exact) mass is 276 g/mol. The van der Waals surface area contributed by atoms with Gasteiger partial charge in [0, 0.05) is 23.8 Å². The van der Waals surface area contributed by atoms with Crippen LogP contribution in [0.3, 0.4) is 0 Å². The first kappa shape index (κ1) is 18.1. The average molecular weight is 276 g/mol. The number of rotatable bonds is 8. The van der Waals surface area contributed by atoms with Crippen molar-refractivity contribution >= 4 is 5.78 Å². The van der Waals surface area contributed by atoms with Gasteiger partial charge in [-0.2, -0.15) is 0 Å². The fourth-order valence-corrected chi connectivity index (χ4v) is 2.20. The van der Waals surface area contributed by atoms with Gasteiger partial charge in [0.15, 0.2) is 5.78 Å². The van der Waals surface area contributed by atoms with Gasteiger partial charge in [-0.1, -0.05) is 27.7 Å². The van der Waals surface area contributed by atoms with E-state index in [2.05, 4.69) is 0 Å². The summed E-state index contributed by atoms with van der Waals surface area (Å²) in [5.74, 6) is -3.37. The Labute approximate surface area is 114 Å². The third-order valence-corrected chi connectivity index (χ3v) is 3.76. The molecule has 0 aliphatic heterocycles. The summed E-state index contributed by atoms with van der Waals surface area (Å²) in [7, 11) is 0. The van der Waals surface area contributed by atoms with Crippen molar-refractivity contribution in [1.29, 1.82) is 0 Å². The van der Waals surface area contributed by atoms with Gasteiger partial charge in [-0.15, -0.1) is 0 Å². The van der Waals surface area contributed by atoms with Crippen LogP contribution < -0.4 is 0 Å². The molecule has 0 saturated carbocycles. The number of hydrogen-bond donors (Lipinski definition) is 1. The minimum Gasteiger partial charge on any atom is -0.512 e. The molecule has 19 heavy (non-hydrogen) atoms. The van der Waals surface area contributed by atoms with E-state index in [1.54, 1.807) is 6.92 Å². The van der Waals surface area contributed by atoms with Crippen LogP contribution in [0.1, 0.15) is 60.3 Å². The van der Waals surface area contributed by atoms with Crippen LogP contribution in [0.2, 0.25) is 0 Å². The maximum atomic E-state index is 13.2. The number of carbonyl (C=O) groups excluding carboxylic acids is 1. The van der Waals surface area contributed by atoms with Gasteiger partial charge in [0.05, 0.1) is 5.76 Å². The first-order valence-electron chi connectivity index (χ1n) is 6.92. The second-order valence-corrected chi connectivity index (χ2v) is 5.61. The highest BCUT2D eigenvalue weighted by Gasteiger charge is 2.39. The summed E-state index contributed by atoms with van der Waals surface area (Å²) < 4.78 is 26.3. The van der Waals surface area contributed by atoms with Crippen LogP contribution in [0.15, 0.2) is 11.8 Å². The topological polar surface area (TPSA) is 37.3 Å². The third kappa shape index (κ3) is 5.70. The van der Waals surface area contributed by atoms with Crippen LogP contribution in [0, 0.1) is 11.3 Å². The van der Waals surface area contributed by atoms with Gasteiger partial charge >= 0.3 is 0 Å². The van der Waals surface area contributed by atoms with Crippen LogP contribution in [-0.2, 0) is 4.79 Å². The minimum absolute atomic E-state index is 0.00842. The van der Waals surface area contributed by atoms with Gasteiger partial charge in [0.25, 0.3) is 0 Å². The smallest absolute Gasteiger partial charge is 0.246 e. The molecule has 0 aromatic heterocycles. The standard InChI is InChI=1S/C15H26F2O2/c1-6-11(7-2)12(18)9-13(19)14(4,8-3)10-15(5,16)17/h9,11,18H,6-8,10H2,1-5H3/b12-9-. The number of aliphatic hydroxyl groups excluding tert-OH is 1. The van der Waals surface area contributed by atoms with Crippen LogP contribution in [0.25, 0.3) is 0 Å². The lowest BCUT2D eigenvalue weighted by molar-refractivity contribution is -0.128. The Bertz CT molecular complexity index is 328. The van der Waals surface area contributed by atoms with Crippen molar-refractivity contribution in [3.05, 3.63) is 11.8 Å². The van der Waals surface area contributed by atoms with Crippen molar-refractivity contribution < 1.29 is 18.7 Å². The van der Waals surface area contributed by atoms with Gasteiger partial charge < -0.3 is 5.11 Å². The lowest BCUT2D eigenvalue weighted by Crippen LogP contribution is -2.32. The molecule has 0 aliphatic carbocycles. The lowest BCUT2D eigenvalue weighted by atomic mass is 9.77. The Kier molecular flexibility index (Phi) is 6.67. The largest absolute Gasteiger partial charge is 0.512 e. The van der Waals surface area contributed by atoms with E-state index in [-0.39, 0.29) is 11.7 Å². The highest BCUT2D eigenvalue weighted by atomic mass is 19.3. The Hall–Kier alpha value is -0.930. The van der Waals surface area contributed by atoms with Crippen molar-refractivity contribution in [2.75, 3.05) is 0 Å². The van der Waals surface area contributed by atoms with Gasteiger partial charge in [0.2, 0.25) is 5.92 Å². The van der Waals surface area contributed by atoms with E-state index in [9.17, 15) is 18.7 Å². The molecule has 0 bridgehead atoms. The van der Waals surface area contributed by atoms with E-state index in [4.69, 9.17) is 0 Å². The molecule has 112 valence electrons. The molecule has 0 amide bonds. The Balaban J connectivity index is 5.09. The van der Waals surface area contributed by atoms with Crippen molar-refractivity contribution in [3.8, 4) is 0 Å². The molecular weight excluding hydrogens is 250 g/mol. The first-order valence-corrected chi connectivity index (χ1v) is 6.92. The number of ketones is 1. The normalized spacial score (nSPS) is 16.5. The quantitative estimate of drug-likeness (QED) is 0.506. The van der Waals surface area contributed by atoms with Gasteiger partial charge in [-0.3, -0.25) is 4.79 Å². The molecule has 0 heterocycles. The number of halogens is 2. The van der Waals surface area contributed by atoms with Crippen LogP contribution >= 0.6 is 0 Å². The fraction of sp³-hybridized carbons (Fsp3) is 0.800. The average Bonchev–Trinajstić information content (AvgIpc) is 2.28. The summed E-state index contributed by atoms with van der Waals surface area (Å²) in [4.78, 5) is 12.2. The zero-order valence-corrected chi connectivity index (χ0v) is 12.6. The summed E-state index contributed by atoms with van der Waals surface area (Å²) in [6.07, 6.45) is 2.41. The molecule has 1 N–H and O–H groups in total. The second kappa shape index (κ2) is 7.01. The van der Waals surface area contributed by atoms with Gasteiger partial charge in [-0.25, -0.2) is 8.78 Å². The third-order valence-electron chi connectivity index (χ3n) is 3.76. The summed E-state index contributed by atoms with van der Waals surface area (Å²) in [6.45, 7) is 7.90. The predicted octanol–water partition coefficient (Wildman–Crippen LogP) is 4.90. The zero-order chi connectivity index (χ0) is 15.3. The van der Waals surface area contributed by atoms with E-state index in [0.29, 0.717) is 6.42 Å². The Morgan fingerprint density at radius 3 is 2.00 bits per heavy atom. The summed E-state index contributed by atoms with van der Waals surface area (Å²) >= 11 is 0. The van der Waals surface area contributed by atoms with E-state index < -0.39 is 23.5 Å². The van der Waals surface area contributed by atoms with Crippen LogP contribution in [0.5, 0.6) is 0 Å². The highest BCUT2D eigenvalue weighted by Crippen LogP contribution is 2.36. The molecule has 2 nitrogen and oxygen atoms in total. The molecule has 0 aromatic carbocycles. The lowest BCUT2D eigenvalue weighted by Gasteiger charge is -2.28. The molecular formula is C15H26F2O2. The number of carbonyl (C=O) groups is 1. The SMILES string of the molecule is CCC(CC)/C(O)=C/C(=O)C(C)(CC)CC(C)(F)F. The van der Waals surface area contributed by atoms with Crippen molar-refractivity contribution in [1.82, 2.24) is 0 Å². The van der Waals surface area contributed by atoms with Crippen LogP contribution in [0.4, 0.5) is 8.78 Å². The molecule has 0 fully saturated rings. The molecule has 1 unspecified atom stereocenters. The van der Waals surface area contributed by atoms with Crippen molar-refractivity contribution in [2.45, 2.75) is 66.2 Å². The Morgan fingerprint density at radius 2 is 1.68 bits per heavy atom. The summed E-state index contributed by atoms with van der Waals surface area (Å²) in [5, 5.41) is 9.89. The van der Waals surface area contributed by atoms with E-state index in [1.807, 2.05) is 13.8 Å². The molecule has 0 rings (SSSR count). The van der Waals surface area contributed by atoms with Gasteiger partial charge in [-0.05, 0) is 26.2 Å². The van der Waals surface area contributed by atoms with Crippen LogP contribution in [-0.4, -0.2) is 16.8 Å². The minimum atomic E-state index is -2.89. The van der Waals surface area contributed by atoms with E-state index in [0.717, 1.165) is 25.8 Å². The molecule has 0 aromatic rings. The molecule has 0 spiro atoms. The zero-order valence-electron chi connectivity index (χ0n) is 12.6. The van der Waals surface area contributed by atoms with E-state index in [1.165, 1.54) is 6.92 Å². The number of alkyl halides is 2. The Morgan fingerprint density at radius 1 is 1.21 bits per heavy atom. The number of aliphatic hydroxyl groups is 1. The maximum Gasteiger partial charge on any atom is 0.246 e. The molecule has 0 aliphatic rings. The molecule has 0 radical (unpaired) electrons. The molecule has 1 atom stereocenters. The second-order valence-electron chi connectivity index (χ2n) is 5.61. The molecule has 0 saturated heterocycles. The number of allylic oxidation sites excluding steroid dienone is 2. The van der Waals surface area contributed by atoms with Gasteiger partial charge in [0.1, 0.15) is 0 Å². The van der Waals surface area contributed by atoms with Crippen molar-refractivity contribution in [2.24, 2.45) is 11.3 Å². The van der Waals surface area contributed by atoms with E-state index >= 15 is 0 Å². The van der Waals surface area contributed by atoms with Crippen molar-refractivity contribution in [3.63, 3.8) is 0 Å².